The van der Waals surface area contributed by atoms with Crippen molar-refractivity contribution in [3.8, 4) is 5.69 Å². The number of aryl methyl sites for hydroxylation is 1. The van der Waals surface area contributed by atoms with Crippen LogP contribution in [0, 0.1) is 0 Å². The van der Waals surface area contributed by atoms with E-state index in [2.05, 4.69) is 161 Å². The minimum absolute atomic E-state index is 0.139. The summed E-state index contributed by atoms with van der Waals surface area (Å²) in [6.07, 6.45) is 12.2. The normalized spacial score (nSPS) is 15.3. The molecule has 3 atom stereocenters. The van der Waals surface area contributed by atoms with Gasteiger partial charge in [-0.05, 0) is 90.6 Å². The van der Waals surface area contributed by atoms with Crippen molar-refractivity contribution in [3.63, 3.8) is 0 Å². The Hall–Kier alpha value is -5.72. The van der Waals surface area contributed by atoms with E-state index in [1.54, 1.807) is 0 Å². The molecular formula is C46H43N5. The van der Waals surface area contributed by atoms with Crippen LogP contribution in [-0.4, -0.2) is 21.3 Å². The molecule has 5 heteroatoms. The molecule has 8 rings (SSSR count). The highest BCUT2D eigenvalue weighted by molar-refractivity contribution is 6.15. The van der Waals surface area contributed by atoms with Crippen LogP contribution in [0.1, 0.15) is 41.8 Å². The summed E-state index contributed by atoms with van der Waals surface area (Å²) in [5, 5.41) is 7.33. The molecule has 0 saturated heterocycles. The Kier molecular flexibility index (Phi) is 8.85. The van der Waals surface area contributed by atoms with E-state index in [1.165, 1.54) is 38.5 Å². The van der Waals surface area contributed by atoms with E-state index in [-0.39, 0.29) is 6.04 Å². The van der Waals surface area contributed by atoms with Crippen LogP contribution in [0.2, 0.25) is 0 Å². The third kappa shape index (κ3) is 6.06. The molecule has 5 aromatic carbocycles. The van der Waals surface area contributed by atoms with Crippen LogP contribution >= 0.6 is 0 Å². The van der Waals surface area contributed by atoms with Crippen LogP contribution in [0.4, 0.5) is 0 Å². The number of fused-ring (bicyclic) bond motifs is 6. The van der Waals surface area contributed by atoms with Gasteiger partial charge in [0.25, 0.3) is 0 Å². The van der Waals surface area contributed by atoms with E-state index in [1.807, 2.05) is 24.3 Å². The summed E-state index contributed by atoms with van der Waals surface area (Å²) in [4.78, 5) is 0. The SMILES string of the molecule is C=C/C(=C\C(N)C(N)NC(/C=C(\C)c1ccccc1)c1ccccc1)n1c2ccccc2c2cc3c4c(n(-c5ccccc5)c3cc21)C=CCC4. The molecule has 2 aromatic heterocycles. The van der Waals surface area contributed by atoms with Gasteiger partial charge in [0.1, 0.15) is 0 Å². The first-order chi connectivity index (χ1) is 25.0. The Bertz CT molecular complexity index is 2450. The highest BCUT2D eigenvalue weighted by atomic mass is 15.1. The summed E-state index contributed by atoms with van der Waals surface area (Å²) in [6.45, 7) is 6.41. The lowest BCUT2D eigenvalue weighted by molar-refractivity contribution is 0.454. The molecule has 0 radical (unpaired) electrons. The fraction of sp³-hybridized carbons (Fsp3) is 0.130. The minimum atomic E-state index is -0.543. The smallest absolute Gasteiger partial charge is 0.0747 e. The lowest BCUT2D eigenvalue weighted by Gasteiger charge is -2.26. The average Bonchev–Trinajstić information content (AvgIpc) is 3.68. The predicted octanol–water partition coefficient (Wildman–Crippen LogP) is 9.77. The summed E-state index contributed by atoms with van der Waals surface area (Å²) in [5.41, 5.74) is 25.4. The van der Waals surface area contributed by atoms with E-state index >= 15 is 0 Å². The zero-order valence-corrected chi connectivity index (χ0v) is 28.9. The molecule has 51 heavy (non-hydrogen) atoms. The third-order valence-electron chi connectivity index (χ3n) is 10.2. The number of hydrogen-bond acceptors (Lipinski definition) is 3. The molecule has 7 aromatic rings. The summed E-state index contributed by atoms with van der Waals surface area (Å²) >= 11 is 0. The van der Waals surface area contributed by atoms with Gasteiger partial charge in [-0.3, -0.25) is 5.32 Å². The molecular weight excluding hydrogens is 623 g/mol. The fourth-order valence-electron chi connectivity index (χ4n) is 7.63. The molecule has 0 saturated carbocycles. The fourth-order valence-corrected chi connectivity index (χ4v) is 7.63. The van der Waals surface area contributed by atoms with Crippen LogP contribution in [-0.2, 0) is 6.42 Å². The Morgan fingerprint density at radius 1 is 0.745 bits per heavy atom. The number of aromatic nitrogens is 2. The number of nitrogens with two attached hydrogens (primary N) is 2. The van der Waals surface area contributed by atoms with Gasteiger partial charge in [0.05, 0.1) is 34.8 Å². The maximum atomic E-state index is 6.96. The molecule has 5 nitrogen and oxygen atoms in total. The van der Waals surface area contributed by atoms with Crippen molar-refractivity contribution >= 4 is 50.1 Å². The van der Waals surface area contributed by atoms with Crippen LogP contribution in [0.25, 0.3) is 55.7 Å². The third-order valence-corrected chi connectivity index (χ3v) is 10.2. The monoisotopic (exact) mass is 665 g/mol. The summed E-state index contributed by atoms with van der Waals surface area (Å²) in [7, 11) is 0. The predicted molar refractivity (Wildman–Crippen MR) is 216 cm³/mol. The molecule has 2 heterocycles. The Morgan fingerprint density at radius 3 is 2.18 bits per heavy atom. The molecule has 0 fully saturated rings. The van der Waals surface area contributed by atoms with E-state index in [9.17, 15) is 0 Å². The number of nitrogens with zero attached hydrogens (tertiary/aromatic N) is 2. The lowest BCUT2D eigenvalue weighted by Crippen LogP contribution is -2.51. The van der Waals surface area contributed by atoms with E-state index in [4.69, 9.17) is 11.5 Å². The maximum Gasteiger partial charge on any atom is 0.0747 e. The van der Waals surface area contributed by atoms with Crippen molar-refractivity contribution in [3.05, 3.63) is 181 Å². The quantitative estimate of drug-likeness (QED) is 0.101. The topological polar surface area (TPSA) is 73.9 Å². The minimum Gasteiger partial charge on any atom is -0.322 e. The second-order valence-corrected chi connectivity index (χ2v) is 13.4. The maximum absolute atomic E-state index is 6.96. The second-order valence-electron chi connectivity index (χ2n) is 13.4. The molecule has 0 spiro atoms. The highest BCUT2D eigenvalue weighted by Gasteiger charge is 2.23. The first-order valence-corrected chi connectivity index (χ1v) is 17.7. The number of allylic oxidation sites excluding steroid dienone is 4. The number of nitrogens with one attached hydrogen (secondary N) is 1. The molecule has 0 amide bonds. The molecule has 252 valence electrons. The van der Waals surface area contributed by atoms with Gasteiger partial charge in [0.2, 0.25) is 0 Å². The Labute approximate surface area is 299 Å². The van der Waals surface area contributed by atoms with Crippen LogP contribution in [0.3, 0.4) is 0 Å². The van der Waals surface area contributed by atoms with Gasteiger partial charge in [0.15, 0.2) is 0 Å². The van der Waals surface area contributed by atoms with Crippen molar-refractivity contribution in [2.45, 2.75) is 38.0 Å². The second kappa shape index (κ2) is 13.9. The van der Waals surface area contributed by atoms with Crippen molar-refractivity contribution < 1.29 is 0 Å². The van der Waals surface area contributed by atoms with E-state index in [0.717, 1.165) is 46.4 Å². The van der Waals surface area contributed by atoms with E-state index < -0.39 is 12.2 Å². The first-order valence-electron chi connectivity index (χ1n) is 17.7. The molecule has 0 bridgehead atoms. The van der Waals surface area contributed by atoms with Crippen molar-refractivity contribution in [2.75, 3.05) is 0 Å². The molecule has 3 unspecified atom stereocenters. The van der Waals surface area contributed by atoms with Crippen molar-refractivity contribution in [1.29, 1.82) is 0 Å². The van der Waals surface area contributed by atoms with Gasteiger partial charge in [-0.1, -0.05) is 116 Å². The summed E-state index contributed by atoms with van der Waals surface area (Å²) in [6, 6.07) is 44.1. The van der Waals surface area contributed by atoms with Crippen LogP contribution < -0.4 is 16.8 Å². The number of rotatable bonds is 10. The highest BCUT2D eigenvalue weighted by Crippen LogP contribution is 2.40. The number of hydrogen-bond donors (Lipinski definition) is 3. The molecule has 5 N–H and O–H groups in total. The summed E-state index contributed by atoms with van der Waals surface area (Å²) < 4.78 is 4.69. The van der Waals surface area contributed by atoms with Crippen LogP contribution in [0.5, 0.6) is 0 Å². The van der Waals surface area contributed by atoms with Gasteiger partial charge in [0, 0.05) is 33.2 Å². The van der Waals surface area contributed by atoms with Gasteiger partial charge in [-0.15, -0.1) is 0 Å². The standard InChI is InChI=1S/C46H43N5/c1-3-34(28-40(47)46(48)49-41(33-19-9-5-10-20-33)27-31(2)32-17-7-4-8-18-32)50-42-25-15-13-23-36(42)38-29-39-37-24-14-16-26-43(37)51(45(39)30-44(38)50)35-21-11-6-12-22-35/h3-13,15-23,25-30,40-41,46,49H,1,14,24,47-48H2,2H3/b31-27+,34-28+. The van der Waals surface area contributed by atoms with Crippen LogP contribution in [0.15, 0.2) is 158 Å². The van der Waals surface area contributed by atoms with Crippen molar-refractivity contribution in [1.82, 2.24) is 14.5 Å². The van der Waals surface area contributed by atoms with Crippen molar-refractivity contribution in [2.24, 2.45) is 11.5 Å². The van der Waals surface area contributed by atoms with Gasteiger partial charge in [-0.2, -0.15) is 0 Å². The first kappa shape index (κ1) is 32.5. The number of benzene rings is 5. The average molecular weight is 666 g/mol. The molecule has 0 aliphatic heterocycles. The largest absolute Gasteiger partial charge is 0.322 e. The van der Waals surface area contributed by atoms with Gasteiger partial charge in [-0.25, -0.2) is 0 Å². The molecule has 1 aliphatic rings. The lowest BCUT2D eigenvalue weighted by atomic mass is 9.99. The Morgan fingerprint density at radius 2 is 1.43 bits per heavy atom. The summed E-state index contributed by atoms with van der Waals surface area (Å²) in [5.74, 6) is 0. The van der Waals surface area contributed by atoms with E-state index in [0.29, 0.717) is 0 Å². The molecule has 1 aliphatic carbocycles. The Balaban J connectivity index is 1.22. The number of para-hydroxylation sites is 2. The van der Waals surface area contributed by atoms with Gasteiger partial charge < -0.3 is 20.6 Å². The zero-order valence-electron chi connectivity index (χ0n) is 28.9. The zero-order chi connectivity index (χ0) is 34.9. The van der Waals surface area contributed by atoms with Gasteiger partial charge >= 0.3 is 0 Å².